The Morgan fingerprint density at radius 1 is 1.04 bits per heavy atom. The summed E-state index contributed by atoms with van der Waals surface area (Å²) >= 11 is 6.74. The second-order valence-electron chi connectivity index (χ2n) is 12.9. The predicted molar refractivity (Wildman–Crippen MR) is 163 cm³/mol. The lowest BCUT2D eigenvalue weighted by Crippen LogP contribution is -2.39. The fourth-order valence-electron chi connectivity index (χ4n) is 6.94. The van der Waals surface area contributed by atoms with Crippen LogP contribution in [0.3, 0.4) is 0 Å². The number of amides is 1. The summed E-state index contributed by atoms with van der Waals surface area (Å²) in [4.78, 5) is 37.2. The predicted octanol–water partition coefficient (Wildman–Crippen LogP) is 8.22. The van der Waals surface area contributed by atoms with E-state index in [1.165, 1.54) is 11.8 Å². The molecule has 2 aromatic rings. The molecule has 0 bridgehead atoms. The van der Waals surface area contributed by atoms with Gasteiger partial charge in [0.25, 0.3) is 0 Å². The third-order valence-corrected chi connectivity index (χ3v) is 10.2. The summed E-state index contributed by atoms with van der Waals surface area (Å²) in [5, 5.41) is 9.86. The number of aliphatic carboxylic acids is 1. The number of ether oxygens (including phenoxy) is 1. The molecule has 4 aliphatic rings. The molecule has 0 spiro atoms. The SMILES string of the molecule is C[C@H]1[C@@H](c2cc(C(F)(F)F)cc(C(F)(F)F)c2)OC(=O)N1Cc1nc(N2CCC2)ncc1C1=C[C@@H](C2CCC(C(=O)O)CC2)CC=C1Cl. The number of halogens is 7. The Bertz CT molecular complexity index is 1620. The normalized spacial score (nSPS) is 26.5. The zero-order valence-electron chi connectivity index (χ0n) is 25.8. The molecular weight excluding hydrogens is 666 g/mol. The number of hydrogen-bond acceptors (Lipinski definition) is 6. The van der Waals surface area contributed by atoms with E-state index >= 15 is 0 Å². The lowest BCUT2D eigenvalue weighted by molar-refractivity contribution is -0.144. The molecule has 1 saturated carbocycles. The number of carboxylic acid groups (broad SMARTS) is 1. The minimum atomic E-state index is -5.06. The summed E-state index contributed by atoms with van der Waals surface area (Å²) in [6.07, 6.45) is -2.61. The highest BCUT2D eigenvalue weighted by atomic mass is 35.5. The van der Waals surface area contributed by atoms with Crippen molar-refractivity contribution in [3.63, 3.8) is 0 Å². The van der Waals surface area contributed by atoms with Gasteiger partial charge in [-0.3, -0.25) is 9.69 Å². The maximum atomic E-state index is 13.6. The Labute approximate surface area is 277 Å². The monoisotopic (exact) mass is 698 g/mol. The largest absolute Gasteiger partial charge is 0.481 e. The Morgan fingerprint density at radius 3 is 2.25 bits per heavy atom. The fourth-order valence-corrected chi connectivity index (χ4v) is 7.19. The first kappa shape index (κ1) is 34.1. The molecule has 1 amide bonds. The fraction of sp³-hybridized carbons (Fsp3) is 0.515. The van der Waals surface area contributed by atoms with Gasteiger partial charge >= 0.3 is 24.4 Å². The first-order valence-electron chi connectivity index (χ1n) is 15.8. The highest BCUT2D eigenvalue weighted by Gasteiger charge is 2.44. The zero-order valence-corrected chi connectivity index (χ0v) is 26.6. The van der Waals surface area contributed by atoms with Gasteiger partial charge in [-0.15, -0.1) is 0 Å². The van der Waals surface area contributed by atoms with Gasteiger partial charge in [0, 0.05) is 29.9 Å². The number of carbonyl (C=O) groups excluding carboxylic acids is 1. The summed E-state index contributed by atoms with van der Waals surface area (Å²) in [5.41, 5.74) is -1.85. The molecule has 1 aromatic heterocycles. The highest BCUT2D eigenvalue weighted by Crippen LogP contribution is 2.44. The number of cyclic esters (lactones) is 1. The number of allylic oxidation sites excluding steroid dienone is 4. The summed E-state index contributed by atoms with van der Waals surface area (Å²) in [6.45, 7) is 2.78. The number of anilines is 1. The molecule has 2 saturated heterocycles. The van der Waals surface area contributed by atoms with Crippen LogP contribution >= 0.6 is 11.6 Å². The summed E-state index contributed by atoms with van der Waals surface area (Å²) in [6, 6.07) is 0.230. The number of benzene rings is 1. The van der Waals surface area contributed by atoms with Gasteiger partial charge in [0.15, 0.2) is 0 Å². The minimum absolute atomic E-state index is 0.0351. The molecule has 0 radical (unpaired) electrons. The van der Waals surface area contributed by atoms with E-state index in [2.05, 4.69) is 4.98 Å². The third kappa shape index (κ3) is 6.85. The van der Waals surface area contributed by atoms with E-state index in [0.717, 1.165) is 32.4 Å². The van der Waals surface area contributed by atoms with Crippen molar-refractivity contribution in [2.24, 2.45) is 17.8 Å². The van der Waals surface area contributed by atoms with Crippen LogP contribution in [0.4, 0.5) is 37.1 Å². The van der Waals surface area contributed by atoms with E-state index in [0.29, 0.717) is 59.2 Å². The van der Waals surface area contributed by atoms with Crippen LogP contribution in [-0.2, 0) is 28.4 Å². The second kappa shape index (κ2) is 12.9. The molecule has 3 fully saturated rings. The van der Waals surface area contributed by atoms with Gasteiger partial charge in [0.05, 0.1) is 35.3 Å². The molecule has 2 aliphatic heterocycles. The molecule has 258 valence electrons. The molecule has 2 aliphatic carbocycles. The van der Waals surface area contributed by atoms with E-state index in [9.17, 15) is 41.0 Å². The number of aromatic nitrogens is 2. The maximum Gasteiger partial charge on any atom is 0.416 e. The van der Waals surface area contributed by atoms with Crippen molar-refractivity contribution in [1.82, 2.24) is 14.9 Å². The van der Waals surface area contributed by atoms with Crippen LogP contribution < -0.4 is 4.90 Å². The number of rotatable bonds is 7. The van der Waals surface area contributed by atoms with Gasteiger partial charge in [0.1, 0.15) is 6.10 Å². The van der Waals surface area contributed by atoms with Gasteiger partial charge in [-0.05, 0) is 86.6 Å². The summed E-state index contributed by atoms with van der Waals surface area (Å²) in [7, 11) is 0. The Hall–Kier alpha value is -3.81. The van der Waals surface area contributed by atoms with Crippen molar-refractivity contribution in [3.05, 3.63) is 69.5 Å². The number of alkyl halides is 6. The highest BCUT2D eigenvalue weighted by molar-refractivity contribution is 6.37. The Balaban J connectivity index is 1.31. The number of hydrogen-bond donors (Lipinski definition) is 1. The van der Waals surface area contributed by atoms with E-state index in [1.807, 2.05) is 17.1 Å². The van der Waals surface area contributed by atoms with Gasteiger partial charge < -0.3 is 14.7 Å². The van der Waals surface area contributed by atoms with E-state index in [4.69, 9.17) is 21.3 Å². The molecule has 8 nitrogen and oxygen atoms in total. The van der Waals surface area contributed by atoms with Crippen molar-refractivity contribution >= 4 is 35.2 Å². The molecule has 1 N–H and O–H groups in total. The molecule has 48 heavy (non-hydrogen) atoms. The maximum absolute atomic E-state index is 13.6. The van der Waals surface area contributed by atoms with E-state index in [-0.39, 0.29) is 30.4 Å². The van der Waals surface area contributed by atoms with Gasteiger partial charge in [-0.25, -0.2) is 14.8 Å². The van der Waals surface area contributed by atoms with Crippen LogP contribution in [0.25, 0.3) is 5.57 Å². The van der Waals surface area contributed by atoms with Crippen molar-refractivity contribution in [2.45, 2.75) is 76.5 Å². The molecule has 3 atom stereocenters. The van der Waals surface area contributed by atoms with Crippen LogP contribution in [0.2, 0.25) is 0 Å². The van der Waals surface area contributed by atoms with Crippen molar-refractivity contribution in [2.75, 3.05) is 18.0 Å². The van der Waals surface area contributed by atoms with Crippen LogP contribution in [0, 0.1) is 17.8 Å². The minimum Gasteiger partial charge on any atom is -0.481 e. The standard InChI is InChI=1S/C33H33ClF6N4O4/c1-17-28(21-11-22(32(35,36)37)14-23(12-21)33(38,39)40)48-31(47)44(17)16-27-25(15-41-30(42-27)43-9-2-10-43)24-13-20(7-8-26(24)34)18-3-5-19(6-4-18)29(45)46/h8,11-15,17-20,28H,2-7,9-10,16H2,1H3,(H,45,46)/t17-,18?,19?,20-,28-/m0/s1. The molecule has 15 heteroatoms. The van der Waals surface area contributed by atoms with Crippen molar-refractivity contribution in [3.8, 4) is 0 Å². The average Bonchev–Trinajstić information content (AvgIpc) is 3.28. The van der Waals surface area contributed by atoms with Crippen LogP contribution in [0.5, 0.6) is 0 Å². The van der Waals surface area contributed by atoms with Crippen LogP contribution in [0.1, 0.15) is 79.5 Å². The molecule has 3 heterocycles. The van der Waals surface area contributed by atoms with E-state index < -0.39 is 53.3 Å². The quantitative estimate of drug-likeness (QED) is 0.291. The van der Waals surface area contributed by atoms with Gasteiger partial charge in [-0.1, -0.05) is 23.8 Å². The van der Waals surface area contributed by atoms with Crippen LogP contribution in [-0.4, -0.2) is 51.2 Å². The Morgan fingerprint density at radius 2 is 1.69 bits per heavy atom. The molecule has 6 rings (SSSR count). The van der Waals surface area contributed by atoms with Crippen molar-refractivity contribution < 1.29 is 45.8 Å². The number of carboxylic acids is 1. The second-order valence-corrected chi connectivity index (χ2v) is 13.3. The molecule has 0 unspecified atom stereocenters. The number of nitrogens with zero attached hydrogens (tertiary/aromatic N) is 4. The average molecular weight is 699 g/mol. The van der Waals surface area contributed by atoms with E-state index in [1.54, 1.807) is 6.20 Å². The van der Waals surface area contributed by atoms with Crippen molar-refractivity contribution in [1.29, 1.82) is 0 Å². The zero-order chi connectivity index (χ0) is 34.5. The van der Waals surface area contributed by atoms with Gasteiger partial charge in [0.2, 0.25) is 5.95 Å². The van der Waals surface area contributed by atoms with Gasteiger partial charge in [-0.2, -0.15) is 26.3 Å². The summed E-state index contributed by atoms with van der Waals surface area (Å²) in [5.74, 6) is -0.409. The third-order valence-electron chi connectivity index (χ3n) is 9.87. The first-order valence-corrected chi connectivity index (χ1v) is 16.2. The lowest BCUT2D eigenvalue weighted by atomic mass is 9.73. The number of carbonyl (C=O) groups is 2. The lowest BCUT2D eigenvalue weighted by Gasteiger charge is -2.33. The van der Waals surface area contributed by atoms with Crippen LogP contribution in [0.15, 0.2) is 41.6 Å². The smallest absolute Gasteiger partial charge is 0.416 e. The molecular formula is C33H33ClF6N4O4. The Kier molecular flexibility index (Phi) is 9.16. The first-order chi connectivity index (χ1) is 22.6. The summed E-state index contributed by atoms with van der Waals surface area (Å²) < 4.78 is 87.0. The molecule has 1 aromatic carbocycles. The topological polar surface area (TPSA) is 95.9 Å².